The molecule has 2 atom stereocenters. The Hall–Kier alpha value is -1.80. The van der Waals surface area contributed by atoms with Crippen molar-refractivity contribution < 1.29 is 9.53 Å². The van der Waals surface area contributed by atoms with Crippen molar-refractivity contribution in [3.05, 3.63) is 23.5 Å². The van der Waals surface area contributed by atoms with Gasteiger partial charge in [-0.1, -0.05) is 13.8 Å². The number of aromatic nitrogens is 1. The Bertz CT molecular complexity index is 596. The number of carbonyl (C=O) groups is 1. The standard InChI is InChI=1S/C17H25N3O2/c1-6-17(7-2)14(9-15(17)22-5)20(4)16(21)13-8-12(10-18)11-19(13)3/h8,11,14-15H,6-7,9H2,1-5H3/t14-,15+/m1/s1. The van der Waals surface area contributed by atoms with Crippen LogP contribution in [0.25, 0.3) is 0 Å². The first-order chi connectivity index (χ1) is 10.4. The van der Waals surface area contributed by atoms with E-state index in [0.717, 1.165) is 19.3 Å². The molecule has 22 heavy (non-hydrogen) atoms. The minimum atomic E-state index is -0.0326. The van der Waals surface area contributed by atoms with Crippen LogP contribution in [0.1, 0.15) is 49.2 Å². The van der Waals surface area contributed by atoms with Gasteiger partial charge in [0.1, 0.15) is 11.8 Å². The highest BCUT2D eigenvalue weighted by molar-refractivity contribution is 5.93. The molecular formula is C17H25N3O2. The summed E-state index contributed by atoms with van der Waals surface area (Å²) in [5.74, 6) is -0.0326. The summed E-state index contributed by atoms with van der Waals surface area (Å²) in [7, 11) is 5.41. The number of hydrogen-bond acceptors (Lipinski definition) is 3. The van der Waals surface area contributed by atoms with Gasteiger partial charge in [0.2, 0.25) is 0 Å². The van der Waals surface area contributed by atoms with E-state index in [2.05, 4.69) is 19.9 Å². The summed E-state index contributed by atoms with van der Waals surface area (Å²) in [5, 5.41) is 8.98. The van der Waals surface area contributed by atoms with E-state index in [1.54, 1.807) is 31.0 Å². The predicted molar refractivity (Wildman–Crippen MR) is 84.4 cm³/mol. The van der Waals surface area contributed by atoms with Gasteiger partial charge in [-0.05, 0) is 25.3 Å². The van der Waals surface area contributed by atoms with Crippen LogP contribution in [-0.2, 0) is 11.8 Å². The molecule has 1 amide bonds. The van der Waals surface area contributed by atoms with Gasteiger partial charge in [-0.3, -0.25) is 4.79 Å². The van der Waals surface area contributed by atoms with Crippen molar-refractivity contribution in [3.63, 3.8) is 0 Å². The van der Waals surface area contributed by atoms with E-state index >= 15 is 0 Å². The summed E-state index contributed by atoms with van der Waals surface area (Å²) >= 11 is 0. The second kappa shape index (κ2) is 6.13. The molecule has 2 rings (SSSR count). The molecule has 1 saturated carbocycles. The van der Waals surface area contributed by atoms with Crippen LogP contribution in [0.3, 0.4) is 0 Å². The Balaban J connectivity index is 2.24. The number of nitriles is 1. The number of aryl methyl sites for hydroxylation is 1. The quantitative estimate of drug-likeness (QED) is 0.840. The van der Waals surface area contributed by atoms with E-state index in [1.807, 2.05) is 11.9 Å². The fraction of sp³-hybridized carbons (Fsp3) is 0.647. The lowest BCUT2D eigenvalue weighted by Gasteiger charge is -2.57. The fourth-order valence-corrected chi connectivity index (χ4v) is 3.94. The number of amides is 1. The van der Waals surface area contributed by atoms with Crippen molar-refractivity contribution in [2.75, 3.05) is 14.2 Å². The van der Waals surface area contributed by atoms with Crippen molar-refractivity contribution in [3.8, 4) is 6.07 Å². The molecule has 0 aliphatic heterocycles. The summed E-state index contributed by atoms with van der Waals surface area (Å²) in [6, 6.07) is 3.92. The van der Waals surface area contributed by atoms with Gasteiger partial charge in [0, 0.05) is 38.9 Å². The number of methoxy groups -OCH3 is 1. The smallest absolute Gasteiger partial charge is 0.270 e. The van der Waals surface area contributed by atoms with Crippen LogP contribution < -0.4 is 0 Å². The van der Waals surface area contributed by atoms with Gasteiger partial charge in [-0.25, -0.2) is 0 Å². The van der Waals surface area contributed by atoms with E-state index < -0.39 is 0 Å². The van der Waals surface area contributed by atoms with Crippen LogP contribution in [-0.4, -0.2) is 41.7 Å². The second-order valence-corrected chi connectivity index (χ2v) is 6.17. The molecule has 0 bridgehead atoms. The molecule has 5 nitrogen and oxygen atoms in total. The molecule has 0 radical (unpaired) electrons. The van der Waals surface area contributed by atoms with E-state index in [0.29, 0.717) is 11.3 Å². The van der Waals surface area contributed by atoms with Crippen molar-refractivity contribution in [2.24, 2.45) is 12.5 Å². The lowest BCUT2D eigenvalue weighted by molar-refractivity contribution is -0.147. The number of rotatable bonds is 5. The lowest BCUT2D eigenvalue weighted by Crippen LogP contribution is -2.64. The zero-order valence-electron chi connectivity index (χ0n) is 14.1. The highest BCUT2D eigenvalue weighted by Gasteiger charge is 2.55. The largest absolute Gasteiger partial charge is 0.381 e. The highest BCUT2D eigenvalue weighted by atomic mass is 16.5. The Morgan fingerprint density at radius 2 is 2.18 bits per heavy atom. The molecule has 1 fully saturated rings. The summed E-state index contributed by atoms with van der Waals surface area (Å²) in [6.07, 6.45) is 4.75. The van der Waals surface area contributed by atoms with Crippen LogP contribution >= 0.6 is 0 Å². The summed E-state index contributed by atoms with van der Waals surface area (Å²) in [5.41, 5.74) is 1.10. The molecular weight excluding hydrogens is 278 g/mol. The zero-order chi connectivity index (χ0) is 16.5. The summed E-state index contributed by atoms with van der Waals surface area (Å²) in [4.78, 5) is 14.6. The Morgan fingerprint density at radius 1 is 1.55 bits per heavy atom. The Morgan fingerprint density at radius 3 is 2.64 bits per heavy atom. The van der Waals surface area contributed by atoms with Crippen LogP contribution in [0.5, 0.6) is 0 Å². The average Bonchev–Trinajstić information content (AvgIpc) is 2.88. The Labute approximate surface area is 132 Å². The molecule has 0 saturated heterocycles. The van der Waals surface area contributed by atoms with Gasteiger partial charge in [0.25, 0.3) is 5.91 Å². The summed E-state index contributed by atoms with van der Waals surface area (Å²) in [6.45, 7) is 4.33. The predicted octanol–water partition coefficient (Wildman–Crippen LogP) is 2.56. The van der Waals surface area contributed by atoms with Gasteiger partial charge in [0.15, 0.2) is 0 Å². The monoisotopic (exact) mass is 303 g/mol. The number of ether oxygens (including phenoxy) is 1. The topological polar surface area (TPSA) is 58.3 Å². The highest BCUT2D eigenvalue weighted by Crippen LogP contribution is 2.51. The molecule has 120 valence electrons. The molecule has 1 aliphatic rings. The molecule has 1 aromatic heterocycles. The van der Waals surface area contributed by atoms with E-state index in [1.165, 1.54) is 0 Å². The third-order valence-electron chi connectivity index (χ3n) is 5.48. The number of hydrogen-bond donors (Lipinski definition) is 0. The number of nitrogens with zero attached hydrogens (tertiary/aromatic N) is 3. The molecule has 0 spiro atoms. The molecule has 0 unspecified atom stereocenters. The second-order valence-electron chi connectivity index (χ2n) is 6.17. The molecule has 1 heterocycles. The van der Waals surface area contributed by atoms with Crippen molar-refractivity contribution in [1.29, 1.82) is 5.26 Å². The first-order valence-electron chi connectivity index (χ1n) is 7.81. The Kier molecular flexibility index (Phi) is 4.62. The van der Waals surface area contributed by atoms with Gasteiger partial charge < -0.3 is 14.2 Å². The zero-order valence-corrected chi connectivity index (χ0v) is 14.1. The summed E-state index contributed by atoms with van der Waals surface area (Å²) < 4.78 is 7.33. The molecule has 1 aromatic rings. The molecule has 0 N–H and O–H groups in total. The van der Waals surface area contributed by atoms with Crippen molar-refractivity contribution in [1.82, 2.24) is 9.47 Å². The third kappa shape index (κ3) is 2.32. The maximum Gasteiger partial charge on any atom is 0.270 e. The molecule has 1 aliphatic carbocycles. The third-order valence-corrected chi connectivity index (χ3v) is 5.48. The number of carbonyl (C=O) groups excluding carboxylic acids is 1. The minimum absolute atomic E-state index is 0.0301. The maximum atomic E-state index is 12.8. The van der Waals surface area contributed by atoms with Gasteiger partial charge in [-0.15, -0.1) is 0 Å². The van der Waals surface area contributed by atoms with Gasteiger partial charge in [0.05, 0.1) is 11.7 Å². The van der Waals surface area contributed by atoms with Crippen molar-refractivity contribution >= 4 is 5.91 Å². The normalized spacial score (nSPS) is 22.7. The maximum absolute atomic E-state index is 12.8. The van der Waals surface area contributed by atoms with Crippen LogP contribution in [0.4, 0.5) is 0 Å². The van der Waals surface area contributed by atoms with E-state index in [9.17, 15) is 4.79 Å². The van der Waals surface area contributed by atoms with Gasteiger partial charge >= 0.3 is 0 Å². The van der Waals surface area contributed by atoms with Crippen LogP contribution in [0.15, 0.2) is 12.3 Å². The van der Waals surface area contributed by atoms with E-state index in [-0.39, 0.29) is 23.5 Å². The first kappa shape index (κ1) is 16.6. The molecule has 5 heteroatoms. The lowest BCUT2D eigenvalue weighted by atomic mass is 9.58. The van der Waals surface area contributed by atoms with E-state index in [4.69, 9.17) is 10.00 Å². The average molecular weight is 303 g/mol. The van der Waals surface area contributed by atoms with Crippen LogP contribution in [0, 0.1) is 16.7 Å². The fourth-order valence-electron chi connectivity index (χ4n) is 3.94. The van der Waals surface area contributed by atoms with Crippen molar-refractivity contribution in [2.45, 2.75) is 45.3 Å². The SMILES string of the molecule is CCC1(CC)[C@@H](OC)C[C@H]1N(C)C(=O)c1cc(C#N)cn1C. The van der Waals surface area contributed by atoms with Gasteiger partial charge in [-0.2, -0.15) is 5.26 Å². The van der Waals surface area contributed by atoms with Crippen LogP contribution in [0.2, 0.25) is 0 Å². The first-order valence-corrected chi connectivity index (χ1v) is 7.81. The minimum Gasteiger partial charge on any atom is -0.381 e. The molecule has 0 aromatic carbocycles.